The third-order valence-corrected chi connectivity index (χ3v) is 6.12. The smallest absolute Gasteiger partial charge is 0.308 e. The third-order valence-electron chi connectivity index (χ3n) is 4.55. The monoisotopic (exact) mass is 478 g/mol. The Balaban J connectivity index is 1.48. The van der Waals surface area contributed by atoms with E-state index in [-0.39, 0.29) is 15.4 Å². The van der Waals surface area contributed by atoms with E-state index in [1.165, 1.54) is 6.42 Å². The Morgan fingerprint density at radius 3 is 1.96 bits per heavy atom. The van der Waals surface area contributed by atoms with E-state index in [2.05, 4.69) is 44.1 Å². The van der Waals surface area contributed by atoms with Gasteiger partial charge in [0.25, 0.3) is 5.91 Å². The average Bonchev–Trinajstić information content (AvgIpc) is 2.68. The molecule has 0 aliphatic heterocycles. The van der Waals surface area contributed by atoms with Crippen molar-refractivity contribution in [3.05, 3.63) is 54.6 Å². The molecule has 0 heterocycles. The van der Waals surface area contributed by atoms with Crippen LogP contribution in [0.5, 0.6) is 0 Å². The zero-order valence-corrected chi connectivity index (χ0v) is 17.1. The lowest BCUT2D eigenvalue weighted by atomic mass is 9.89. The van der Waals surface area contributed by atoms with Gasteiger partial charge in [-0.25, -0.2) is 4.79 Å². The second kappa shape index (κ2) is 9.07. The fraction of sp³-hybridized carbons (Fsp3) is 0.300. The molecule has 0 spiro atoms. The molecule has 2 aromatic carbocycles. The van der Waals surface area contributed by atoms with Gasteiger partial charge in [0, 0.05) is 11.4 Å². The number of hydrogen-bond donors (Lipinski definition) is 4. The molecule has 0 saturated heterocycles. The fourth-order valence-electron chi connectivity index (χ4n) is 3.03. The second-order valence-electron chi connectivity index (χ2n) is 6.63. The summed E-state index contributed by atoms with van der Waals surface area (Å²) < 4.78 is -0.319. The van der Waals surface area contributed by atoms with Crippen molar-refractivity contribution in [2.24, 2.45) is 0 Å². The van der Waals surface area contributed by atoms with Crippen LogP contribution >= 0.6 is 22.6 Å². The molecular weight excluding hydrogens is 455 g/mol. The summed E-state index contributed by atoms with van der Waals surface area (Å²) in [6.07, 6.45) is 5.24. The van der Waals surface area contributed by atoms with Gasteiger partial charge in [-0.2, -0.15) is 0 Å². The van der Waals surface area contributed by atoms with Crippen LogP contribution in [0.15, 0.2) is 54.6 Å². The lowest BCUT2D eigenvalue weighted by molar-refractivity contribution is -0.123. The topological polar surface area (TPSA) is 82.3 Å². The van der Waals surface area contributed by atoms with E-state index in [0.29, 0.717) is 5.69 Å². The molecular formula is C20H23IN4O2. The van der Waals surface area contributed by atoms with E-state index >= 15 is 0 Å². The number of hydrogen-bond acceptors (Lipinski definition) is 3. The Kier molecular flexibility index (Phi) is 6.54. The highest BCUT2D eigenvalue weighted by Gasteiger charge is 2.36. The predicted octanol–water partition coefficient (Wildman–Crippen LogP) is 4.91. The van der Waals surface area contributed by atoms with Crippen LogP contribution in [0, 0.1) is 0 Å². The first kappa shape index (κ1) is 19.5. The Labute approximate surface area is 172 Å². The lowest BCUT2D eigenvalue weighted by Crippen LogP contribution is -2.45. The van der Waals surface area contributed by atoms with E-state index in [1.807, 2.05) is 30.3 Å². The van der Waals surface area contributed by atoms with E-state index in [0.717, 1.165) is 37.1 Å². The van der Waals surface area contributed by atoms with Crippen molar-refractivity contribution in [1.29, 1.82) is 0 Å². The van der Waals surface area contributed by atoms with E-state index in [1.54, 1.807) is 24.3 Å². The number of anilines is 3. The summed E-state index contributed by atoms with van der Waals surface area (Å²) in [5.41, 5.74) is 7.91. The van der Waals surface area contributed by atoms with Gasteiger partial charge < -0.3 is 10.6 Å². The molecule has 1 aliphatic carbocycles. The van der Waals surface area contributed by atoms with Gasteiger partial charge in [0.05, 0.1) is 5.69 Å². The van der Waals surface area contributed by atoms with Crippen molar-refractivity contribution >= 4 is 51.6 Å². The first-order chi connectivity index (χ1) is 13.0. The normalized spacial score (nSPS) is 15.4. The largest absolute Gasteiger partial charge is 0.323 e. The van der Waals surface area contributed by atoms with Crippen LogP contribution in [0.1, 0.15) is 32.1 Å². The number of halogens is 1. The molecule has 4 N–H and O–H groups in total. The quantitative estimate of drug-likeness (QED) is 0.280. The van der Waals surface area contributed by atoms with Crippen LogP contribution in [0.2, 0.25) is 0 Å². The number of amides is 3. The fourth-order valence-corrected chi connectivity index (χ4v) is 3.93. The lowest BCUT2D eigenvalue weighted by Gasteiger charge is -2.30. The molecule has 2 aromatic rings. The maximum absolute atomic E-state index is 12.4. The molecule has 6 nitrogen and oxygen atoms in total. The first-order valence-electron chi connectivity index (χ1n) is 9.04. The van der Waals surface area contributed by atoms with Gasteiger partial charge in [-0.1, -0.05) is 60.1 Å². The number of para-hydroxylation sites is 1. The molecule has 1 aliphatic rings. The standard InChI is InChI=1S/C20H23IN4O2/c21-20(13-5-2-6-14-20)18(26)25-24-17-11-9-16(10-12-17)23-19(27)22-15-7-3-1-4-8-15/h1,3-4,7-12,24H,2,5-6,13-14H2,(H,25,26)(H2,22,23,27). The van der Waals surface area contributed by atoms with Gasteiger partial charge in [-0.3, -0.25) is 15.6 Å². The highest BCUT2D eigenvalue weighted by atomic mass is 127. The average molecular weight is 478 g/mol. The Bertz CT molecular complexity index is 774. The van der Waals surface area contributed by atoms with Gasteiger partial charge in [-0.15, -0.1) is 0 Å². The summed E-state index contributed by atoms with van der Waals surface area (Å²) in [6, 6.07) is 16.1. The number of rotatable bonds is 5. The van der Waals surface area contributed by atoms with Crippen LogP contribution < -0.4 is 21.5 Å². The molecule has 0 aromatic heterocycles. The summed E-state index contributed by atoms with van der Waals surface area (Å²) >= 11 is 2.28. The van der Waals surface area contributed by atoms with E-state index < -0.39 is 0 Å². The van der Waals surface area contributed by atoms with Crippen molar-refractivity contribution in [1.82, 2.24) is 5.43 Å². The van der Waals surface area contributed by atoms with Crippen molar-refractivity contribution in [3.8, 4) is 0 Å². The Morgan fingerprint density at radius 2 is 1.33 bits per heavy atom. The highest BCUT2D eigenvalue weighted by Crippen LogP contribution is 2.36. The minimum absolute atomic E-state index is 0.0206. The number of carbonyl (C=O) groups is 2. The minimum atomic E-state index is -0.319. The van der Waals surface area contributed by atoms with E-state index in [9.17, 15) is 9.59 Å². The highest BCUT2D eigenvalue weighted by molar-refractivity contribution is 14.1. The number of urea groups is 1. The van der Waals surface area contributed by atoms with Crippen molar-refractivity contribution < 1.29 is 9.59 Å². The number of benzene rings is 2. The molecule has 1 saturated carbocycles. The van der Waals surface area contributed by atoms with Crippen LogP contribution in [-0.2, 0) is 4.79 Å². The summed E-state index contributed by atoms with van der Waals surface area (Å²) in [6.45, 7) is 0. The van der Waals surface area contributed by atoms with Gasteiger partial charge in [-0.05, 0) is 49.2 Å². The summed E-state index contributed by atoms with van der Waals surface area (Å²) in [5, 5.41) is 5.54. The SMILES string of the molecule is O=C(Nc1ccccc1)Nc1ccc(NNC(=O)C2(I)CCCCC2)cc1. The number of alkyl halides is 1. The maximum atomic E-state index is 12.4. The molecule has 3 rings (SSSR count). The van der Waals surface area contributed by atoms with Gasteiger partial charge >= 0.3 is 6.03 Å². The zero-order valence-electron chi connectivity index (χ0n) is 14.9. The molecule has 3 amide bonds. The summed E-state index contributed by atoms with van der Waals surface area (Å²) in [4.78, 5) is 24.4. The van der Waals surface area contributed by atoms with Gasteiger partial charge in [0.15, 0.2) is 0 Å². The van der Waals surface area contributed by atoms with E-state index in [4.69, 9.17) is 0 Å². The molecule has 0 radical (unpaired) electrons. The summed E-state index contributed by atoms with van der Waals surface area (Å²) in [7, 11) is 0. The number of nitrogens with one attached hydrogen (secondary N) is 4. The number of hydrazine groups is 1. The predicted molar refractivity (Wildman–Crippen MR) is 117 cm³/mol. The van der Waals surface area contributed by atoms with Crippen molar-refractivity contribution in [2.45, 2.75) is 35.5 Å². The first-order valence-corrected chi connectivity index (χ1v) is 10.1. The number of carbonyl (C=O) groups excluding carboxylic acids is 2. The summed E-state index contributed by atoms with van der Waals surface area (Å²) in [5.74, 6) is 0.0206. The molecule has 142 valence electrons. The van der Waals surface area contributed by atoms with Crippen LogP contribution in [-0.4, -0.2) is 15.4 Å². The Hall–Kier alpha value is -2.29. The van der Waals surface area contributed by atoms with Crippen molar-refractivity contribution in [3.63, 3.8) is 0 Å². The van der Waals surface area contributed by atoms with Crippen LogP contribution in [0.25, 0.3) is 0 Å². The molecule has 0 unspecified atom stereocenters. The third kappa shape index (κ3) is 5.59. The second-order valence-corrected chi connectivity index (χ2v) is 8.69. The molecule has 7 heteroatoms. The zero-order chi connectivity index (χ0) is 19.1. The molecule has 1 fully saturated rings. The van der Waals surface area contributed by atoms with Crippen LogP contribution in [0.3, 0.4) is 0 Å². The maximum Gasteiger partial charge on any atom is 0.323 e. The Morgan fingerprint density at radius 1 is 0.778 bits per heavy atom. The molecule has 27 heavy (non-hydrogen) atoms. The minimum Gasteiger partial charge on any atom is -0.308 e. The van der Waals surface area contributed by atoms with Gasteiger partial charge in [0.1, 0.15) is 3.42 Å². The van der Waals surface area contributed by atoms with Crippen molar-refractivity contribution in [2.75, 3.05) is 16.1 Å². The molecule has 0 bridgehead atoms. The molecule has 0 atom stereocenters. The van der Waals surface area contributed by atoms with Gasteiger partial charge in [0.2, 0.25) is 0 Å². The van der Waals surface area contributed by atoms with Crippen LogP contribution in [0.4, 0.5) is 21.9 Å².